The summed E-state index contributed by atoms with van der Waals surface area (Å²) in [5, 5.41) is 2.99. The molecule has 0 spiro atoms. The molecule has 23 heavy (non-hydrogen) atoms. The first kappa shape index (κ1) is 15.3. The molecule has 1 heterocycles. The van der Waals surface area contributed by atoms with E-state index in [0.29, 0.717) is 5.56 Å². The summed E-state index contributed by atoms with van der Waals surface area (Å²) in [6.07, 6.45) is 0.912. The number of carbonyl (C=O) groups excluding carboxylic acids is 1. The lowest BCUT2D eigenvalue weighted by Crippen LogP contribution is -2.31. The molecule has 118 valence electrons. The second-order valence-electron chi connectivity index (χ2n) is 5.82. The van der Waals surface area contributed by atoms with Crippen LogP contribution in [0.4, 0.5) is 0 Å². The number of nitrogens with zero attached hydrogens (tertiary/aromatic N) is 2. The van der Waals surface area contributed by atoms with Gasteiger partial charge in [0.2, 0.25) is 0 Å². The molecule has 0 fully saturated rings. The van der Waals surface area contributed by atoms with E-state index in [1.807, 2.05) is 50.2 Å². The molecule has 0 saturated heterocycles. The number of imidazole rings is 1. The van der Waals surface area contributed by atoms with Crippen molar-refractivity contribution >= 4 is 16.9 Å². The standard InChI is InChI=1S/C19H21N3O/c1-4-13(2)20-19(23)15-10-11-18-17(12-15)21-14(3)22(18)16-8-6-5-7-9-16/h5-13H,4H2,1-3H3,(H,20,23). The normalized spacial score (nSPS) is 12.3. The second kappa shape index (κ2) is 6.24. The lowest BCUT2D eigenvalue weighted by atomic mass is 10.1. The molecule has 1 amide bonds. The predicted octanol–water partition coefficient (Wildman–Crippen LogP) is 3.86. The van der Waals surface area contributed by atoms with Crippen molar-refractivity contribution in [1.29, 1.82) is 0 Å². The molecule has 3 aromatic rings. The fraction of sp³-hybridized carbons (Fsp3) is 0.263. The van der Waals surface area contributed by atoms with Crippen molar-refractivity contribution in [1.82, 2.24) is 14.9 Å². The van der Waals surface area contributed by atoms with Gasteiger partial charge in [-0.05, 0) is 50.6 Å². The summed E-state index contributed by atoms with van der Waals surface area (Å²) in [5.41, 5.74) is 3.57. The summed E-state index contributed by atoms with van der Waals surface area (Å²) in [6.45, 7) is 6.04. The highest BCUT2D eigenvalue weighted by Crippen LogP contribution is 2.22. The summed E-state index contributed by atoms with van der Waals surface area (Å²) in [4.78, 5) is 16.9. The lowest BCUT2D eigenvalue weighted by molar-refractivity contribution is 0.0939. The van der Waals surface area contributed by atoms with Crippen LogP contribution in [0.15, 0.2) is 48.5 Å². The van der Waals surface area contributed by atoms with Crippen LogP contribution in [0.2, 0.25) is 0 Å². The molecule has 0 aliphatic carbocycles. The van der Waals surface area contributed by atoms with Crippen molar-refractivity contribution in [3.05, 3.63) is 59.9 Å². The molecule has 3 rings (SSSR count). The lowest BCUT2D eigenvalue weighted by Gasteiger charge is -2.11. The Hall–Kier alpha value is -2.62. The highest BCUT2D eigenvalue weighted by atomic mass is 16.1. The Morgan fingerprint density at radius 1 is 1.22 bits per heavy atom. The van der Waals surface area contributed by atoms with Crippen LogP contribution in [0.1, 0.15) is 36.5 Å². The van der Waals surface area contributed by atoms with Crippen LogP contribution < -0.4 is 5.32 Å². The largest absolute Gasteiger partial charge is 0.350 e. The van der Waals surface area contributed by atoms with Crippen LogP contribution in [0, 0.1) is 6.92 Å². The van der Waals surface area contributed by atoms with E-state index in [1.165, 1.54) is 0 Å². The van der Waals surface area contributed by atoms with E-state index >= 15 is 0 Å². The van der Waals surface area contributed by atoms with E-state index in [1.54, 1.807) is 0 Å². The Kier molecular flexibility index (Phi) is 4.15. The number of aromatic nitrogens is 2. The zero-order chi connectivity index (χ0) is 16.4. The minimum absolute atomic E-state index is 0.0480. The maximum Gasteiger partial charge on any atom is 0.251 e. The van der Waals surface area contributed by atoms with Crippen LogP contribution in [-0.4, -0.2) is 21.5 Å². The first-order valence-corrected chi connectivity index (χ1v) is 7.95. The number of rotatable bonds is 4. The van der Waals surface area contributed by atoms with Gasteiger partial charge in [0.15, 0.2) is 0 Å². The number of para-hydroxylation sites is 1. The molecule has 0 bridgehead atoms. The number of amides is 1. The van der Waals surface area contributed by atoms with Crippen molar-refractivity contribution in [2.45, 2.75) is 33.2 Å². The molecule has 0 radical (unpaired) electrons. The van der Waals surface area contributed by atoms with E-state index in [2.05, 4.69) is 33.9 Å². The fourth-order valence-corrected chi connectivity index (χ4v) is 2.65. The average molecular weight is 307 g/mol. The SMILES string of the molecule is CCC(C)NC(=O)c1ccc2c(c1)nc(C)n2-c1ccccc1. The summed E-state index contributed by atoms with van der Waals surface area (Å²) in [6, 6.07) is 16.0. The highest BCUT2D eigenvalue weighted by molar-refractivity contribution is 5.97. The number of carbonyl (C=O) groups is 1. The molecular formula is C19H21N3O. The topological polar surface area (TPSA) is 46.9 Å². The number of nitrogens with one attached hydrogen (secondary N) is 1. The fourth-order valence-electron chi connectivity index (χ4n) is 2.65. The molecule has 1 N–H and O–H groups in total. The molecule has 1 unspecified atom stereocenters. The van der Waals surface area contributed by atoms with Crippen molar-refractivity contribution < 1.29 is 4.79 Å². The summed E-state index contributed by atoms with van der Waals surface area (Å²) >= 11 is 0. The van der Waals surface area contributed by atoms with Crippen molar-refractivity contribution in [2.24, 2.45) is 0 Å². The number of benzene rings is 2. The molecule has 4 heteroatoms. The van der Waals surface area contributed by atoms with E-state index < -0.39 is 0 Å². The third kappa shape index (κ3) is 2.97. The smallest absolute Gasteiger partial charge is 0.251 e. The minimum atomic E-state index is -0.0480. The molecule has 1 atom stereocenters. The van der Waals surface area contributed by atoms with Crippen LogP contribution in [0.5, 0.6) is 0 Å². The van der Waals surface area contributed by atoms with Crippen molar-refractivity contribution in [3.8, 4) is 5.69 Å². The number of aryl methyl sites for hydroxylation is 1. The Labute approximate surface area is 136 Å². The second-order valence-corrected chi connectivity index (χ2v) is 5.82. The van der Waals surface area contributed by atoms with Gasteiger partial charge in [-0.2, -0.15) is 0 Å². The molecule has 0 saturated carbocycles. The Balaban J connectivity index is 2.01. The number of hydrogen-bond donors (Lipinski definition) is 1. The minimum Gasteiger partial charge on any atom is -0.350 e. The maximum absolute atomic E-state index is 12.3. The Morgan fingerprint density at radius 2 is 1.96 bits per heavy atom. The summed E-state index contributed by atoms with van der Waals surface area (Å²) in [7, 11) is 0. The van der Waals surface area contributed by atoms with Gasteiger partial charge in [-0.15, -0.1) is 0 Å². The highest BCUT2D eigenvalue weighted by Gasteiger charge is 2.13. The molecule has 0 aliphatic rings. The van der Waals surface area contributed by atoms with Gasteiger partial charge < -0.3 is 5.32 Å². The number of fused-ring (bicyclic) bond motifs is 1. The van der Waals surface area contributed by atoms with Gasteiger partial charge in [0.1, 0.15) is 5.82 Å². The summed E-state index contributed by atoms with van der Waals surface area (Å²) < 4.78 is 2.10. The van der Waals surface area contributed by atoms with Gasteiger partial charge in [0.05, 0.1) is 11.0 Å². The third-order valence-corrected chi connectivity index (χ3v) is 4.09. The van der Waals surface area contributed by atoms with Gasteiger partial charge in [0, 0.05) is 17.3 Å². The number of hydrogen-bond acceptors (Lipinski definition) is 2. The van der Waals surface area contributed by atoms with E-state index in [-0.39, 0.29) is 11.9 Å². The van der Waals surface area contributed by atoms with E-state index in [4.69, 9.17) is 0 Å². The molecular weight excluding hydrogens is 286 g/mol. The first-order valence-electron chi connectivity index (χ1n) is 7.95. The molecule has 1 aromatic heterocycles. The van der Waals surface area contributed by atoms with Crippen LogP contribution in [-0.2, 0) is 0 Å². The van der Waals surface area contributed by atoms with Gasteiger partial charge in [-0.1, -0.05) is 25.1 Å². The average Bonchev–Trinajstić information content (AvgIpc) is 2.90. The van der Waals surface area contributed by atoms with Crippen LogP contribution in [0.25, 0.3) is 16.7 Å². The van der Waals surface area contributed by atoms with Crippen LogP contribution in [0.3, 0.4) is 0 Å². The molecule has 4 nitrogen and oxygen atoms in total. The van der Waals surface area contributed by atoms with Gasteiger partial charge in [-0.3, -0.25) is 9.36 Å². The van der Waals surface area contributed by atoms with Crippen LogP contribution >= 0.6 is 0 Å². The molecule has 0 aliphatic heterocycles. The monoisotopic (exact) mass is 307 g/mol. The van der Waals surface area contributed by atoms with Gasteiger partial charge >= 0.3 is 0 Å². The van der Waals surface area contributed by atoms with Gasteiger partial charge in [-0.25, -0.2) is 4.98 Å². The van der Waals surface area contributed by atoms with Gasteiger partial charge in [0.25, 0.3) is 5.91 Å². The van der Waals surface area contributed by atoms with Crippen molar-refractivity contribution in [3.63, 3.8) is 0 Å². The van der Waals surface area contributed by atoms with E-state index in [9.17, 15) is 4.79 Å². The van der Waals surface area contributed by atoms with Crippen molar-refractivity contribution in [2.75, 3.05) is 0 Å². The summed E-state index contributed by atoms with van der Waals surface area (Å²) in [5.74, 6) is 0.860. The van der Waals surface area contributed by atoms with E-state index in [0.717, 1.165) is 29.0 Å². The quantitative estimate of drug-likeness (QED) is 0.795. The maximum atomic E-state index is 12.3. The third-order valence-electron chi connectivity index (χ3n) is 4.09. The first-order chi connectivity index (χ1) is 11.1. The zero-order valence-corrected chi connectivity index (χ0v) is 13.7. The molecule has 2 aromatic carbocycles. The zero-order valence-electron chi connectivity index (χ0n) is 13.7. The Bertz CT molecular complexity index is 836. The predicted molar refractivity (Wildman–Crippen MR) is 93.0 cm³/mol. The Morgan fingerprint density at radius 3 is 2.65 bits per heavy atom.